The molecular weight excluding hydrogens is 252 g/mol. The molecule has 5 nitrogen and oxygen atoms in total. The second kappa shape index (κ2) is 5.44. The standard InChI is InChI=1S/C15H14N4O/c20-15(17-10-14-2-1-7-16-14)12-5-3-11(4-6-12)13-8-18-19-9-13/h1-9,16H,10H2,(H,17,20)(H,18,19). The van der Waals surface area contributed by atoms with Crippen LogP contribution in [0.4, 0.5) is 0 Å². The van der Waals surface area contributed by atoms with Gasteiger partial charge in [0.1, 0.15) is 0 Å². The number of aromatic nitrogens is 3. The summed E-state index contributed by atoms with van der Waals surface area (Å²) in [4.78, 5) is 15.0. The van der Waals surface area contributed by atoms with Gasteiger partial charge in [-0.15, -0.1) is 0 Å². The first-order valence-corrected chi connectivity index (χ1v) is 6.32. The molecule has 0 atom stereocenters. The second-order valence-corrected chi connectivity index (χ2v) is 4.44. The van der Waals surface area contributed by atoms with Gasteiger partial charge in [0.2, 0.25) is 0 Å². The van der Waals surface area contributed by atoms with E-state index in [-0.39, 0.29) is 5.91 Å². The molecule has 5 heteroatoms. The molecule has 3 rings (SSSR count). The summed E-state index contributed by atoms with van der Waals surface area (Å²) < 4.78 is 0. The van der Waals surface area contributed by atoms with E-state index in [1.807, 2.05) is 48.8 Å². The number of H-pyrrole nitrogens is 2. The van der Waals surface area contributed by atoms with Crippen molar-refractivity contribution < 1.29 is 4.79 Å². The van der Waals surface area contributed by atoms with Crippen LogP contribution in [0.15, 0.2) is 55.0 Å². The fourth-order valence-electron chi connectivity index (χ4n) is 1.98. The number of aromatic amines is 2. The van der Waals surface area contributed by atoms with Gasteiger partial charge in [0, 0.05) is 29.2 Å². The van der Waals surface area contributed by atoms with Crippen molar-refractivity contribution in [1.29, 1.82) is 0 Å². The lowest BCUT2D eigenvalue weighted by molar-refractivity contribution is 0.0950. The summed E-state index contributed by atoms with van der Waals surface area (Å²) in [5, 5.41) is 9.54. The average molecular weight is 266 g/mol. The monoisotopic (exact) mass is 266 g/mol. The second-order valence-electron chi connectivity index (χ2n) is 4.44. The Kier molecular flexibility index (Phi) is 3.33. The Bertz CT molecular complexity index is 669. The average Bonchev–Trinajstić information content (AvgIpc) is 3.18. The predicted molar refractivity (Wildman–Crippen MR) is 76.0 cm³/mol. The Balaban J connectivity index is 1.66. The highest BCUT2D eigenvalue weighted by atomic mass is 16.1. The highest BCUT2D eigenvalue weighted by molar-refractivity contribution is 5.94. The van der Waals surface area contributed by atoms with E-state index in [2.05, 4.69) is 20.5 Å². The number of nitrogens with one attached hydrogen (secondary N) is 3. The van der Waals surface area contributed by atoms with E-state index in [0.29, 0.717) is 12.1 Å². The summed E-state index contributed by atoms with van der Waals surface area (Å²) in [6, 6.07) is 11.3. The lowest BCUT2D eigenvalue weighted by atomic mass is 10.1. The van der Waals surface area contributed by atoms with Gasteiger partial charge in [0.25, 0.3) is 5.91 Å². The van der Waals surface area contributed by atoms with Crippen LogP contribution in [0.25, 0.3) is 11.1 Å². The van der Waals surface area contributed by atoms with Crippen molar-refractivity contribution in [2.24, 2.45) is 0 Å². The van der Waals surface area contributed by atoms with Crippen molar-refractivity contribution in [2.75, 3.05) is 0 Å². The van der Waals surface area contributed by atoms with Gasteiger partial charge in [-0.3, -0.25) is 9.89 Å². The Morgan fingerprint density at radius 2 is 2.00 bits per heavy atom. The van der Waals surface area contributed by atoms with Gasteiger partial charge < -0.3 is 10.3 Å². The Morgan fingerprint density at radius 1 is 1.15 bits per heavy atom. The molecule has 0 unspecified atom stereocenters. The summed E-state index contributed by atoms with van der Waals surface area (Å²) in [5.41, 5.74) is 3.65. The highest BCUT2D eigenvalue weighted by Gasteiger charge is 2.06. The maximum absolute atomic E-state index is 12.0. The highest BCUT2D eigenvalue weighted by Crippen LogP contribution is 2.17. The molecule has 0 bridgehead atoms. The van der Waals surface area contributed by atoms with Crippen LogP contribution in [0.2, 0.25) is 0 Å². The van der Waals surface area contributed by atoms with Crippen LogP contribution in [0.1, 0.15) is 16.1 Å². The molecule has 2 aromatic heterocycles. The molecule has 0 saturated carbocycles. The Morgan fingerprint density at radius 3 is 2.65 bits per heavy atom. The molecule has 0 saturated heterocycles. The molecule has 0 radical (unpaired) electrons. The number of amides is 1. The van der Waals surface area contributed by atoms with Gasteiger partial charge in [0.15, 0.2) is 0 Å². The number of rotatable bonds is 4. The van der Waals surface area contributed by atoms with Gasteiger partial charge in [-0.25, -0.2) is 0 Å². The zero-order valence-electron chi connectivity index (χ0n) is 10.8. The third-order valence-corrected chi connectivity index (χ3v) is 3.08. The topological polar surface area (TPSA) is 73.6 Å². The molecule has 0 aliphatic rings. The Labute approximate surface area is 116 Å². The summed E-state index contributed by atoms with van der Waals surface area (Å²) >= 11 is 0. The number of hydrogen-bond acceptors (Lipinski definition) is 2. The first-order chi connectivity index (χ1) is 9.83. The summed E-state index contributed by atoms with van der Waals surface area (Å²) in [5.74, 6) is -0.0849. The molecule has 1 amide bonds. The minimum absolute atomic E-state index is 0.0849. The van der Waals surface area contributed by atoms with E-state index in [9.17, 15) is 4.79 Å². The number of benzene rings is 1. The molecule has 0 aliphatic carbocycles. The van der Waals surface area contributed by atoms with E-state index < -0.39 is 0 Å². The number of carbonyl (C=O) groups excluding carboxylic acids is 1. The van der Waals surface area contributed by atoms with E-state index in [4.69, 9.17) is 0 Å². The van der Waals surface area contributed by atoms with Crippen molar-refractivity contribution in [3.05, 3.63) is 66.2 Å². The SMILES string of the molecule is O=C(NCc1ccc[nH]1)c1ccc(-c2cn[nH]c2)cc1. The van der Waals surface area contributed by atoms with Crippen LogP contribution in [0, 0.1) is 0 Å². The largest absolute Gasteiger partial charge is 0.364 e. The normalized spacial score (nSPS) is 10.4. The minimum atomic E-state index is -0.0849. The van der Waals surface area contributed by atoms with Gasteiger partial charge >= 0.3 is 0 Å². The number of nitrogens with zero attached hydrogens (tertiary/aromatic N) is 1. The molecule has 3 N–H and O–H groups in total. The zero-order chi connectivity index (χ0) is 13.8. The lowest BCUT2D eigenvalue weighted by Crippen LogP contribution is -2.22. The predicted octanol–water partition coefficient (Wildman–Crippen LogP) is 2.33. The third kappa shape index (κ3) is 2.61. The maximum Gasteiger partial charge on any atom is 0.251 e. The van der Waals surface area contributed by atoms with Gasteiger partial charge in [-0.1, -0.05) is 12.1 Å². The van der Waals surface area contributed by atoms with Crippen LogP contribution < -0.4 is 5.32 Å². The van der Waals surface area contributed by atoms with Crippen molar-refractivity contribution in [3.8, 4) is 11.1 Å². The molecule has 0 spiro atoms. The lowest BCUT2D eigenvalue weighted by Gasteiger charge is -2.05. The summed E-state index contributed by atoms with van der Waals surface area (Å²) in [7, 11) is 0. The van der Waals surface area contributed by atoms with Crippen molar-refractivity contribution in [1.82, 2.24) is 20.5 Å². The fraction of sp³-hybridized carbons (Fsp3) is 0.0667. The smallest absolute Gasteiger partial charge is 0.251 e. The van der Waals surface area contributed by atoms with E-state index in [0.717, 1.165) is 16.8 Å². The zero-order valence-corrected chi connectivity index (χ0v) is 10.8. The first-order valence-electron chi connectivity index (χ1n) is 6.32. The summed E-state index contributed by atoms with van der Waals surface area (Å²) in [6.07, 6.45) is 5.40. The third-order valence-electron chi connectivity index (χ3n) is 3.08. The molecule has 0 aliphatic heterocycles. The molecule has 2 heterocycles. The molecule has 100 valence electrons. The first kappa shape index (κ1) is 12.2. The Hall–Kier alpha value is -2.82. The fourth-order valence-corrected chi connectivity index (χ4v) is 1.98. The molecule has 3 aromatic rings. The van der Waals surface area contributed by atoms with Gasteiger partial charge in [-0.05, 0) is 29.8 Å². The molecular formula is C15H14N4O. The van der Waals surface area contributed by atoms with E-state index >= 15 is 0 Å². The van der Waals surface area contributed by atoms with Crippen LogP contribution in [0.3, 0.4) is 0 Å². The molecule has 0 fully saturated rings. The van der Waals surface area contributed by atoms with Crippen LogP contribution in [-0.4, -0.2) is 21.1 Å². The van der Waals surface area contributed by atoms with Crippen LogP contribution in [-0.2, 0) is 6.54 Å². The van der Waals surface area contributed by atoms with Crippen molar-refractivity contribution in [2.45, 2.75) is 6.54 Å². The van der Waals surface area contributed by atoms with E-state index in [1.165, 1.54) is 0 Å². The maximum atomic E-state index is 12.0. The number of hydrogen-bond donors (Lipinski definition) is 3. The molecule has 1 aromatic carbocycles. The quantitative estimate of drug-likeness (QED) is 0.678. The minimum Gasteiger partial charge on any atom is -0.364 e. The van der Waals surface area contributed by atoms with Crippen LogP contribution in [0.5, 0.6) is 0 Å². The van der Waals surface area contributed by atoms with Crippen LogP contribution >= 0.6 is 0 Å². The summed E-state index contributed by atoms with van der Waals surface area (Å²) in [6.45, 7) is 0.495. The van der Waals surface area contributed by atoms with Gasteiger partial charge in [0.05, 0.1) is 12.7 Å². The number of carbonyl (C=O) groups is 1. The molecule has 20 heavy (non-hydrogen) atoms. The van der Waals surface area contributed by atoms with E-state index in [1.54, 1.807) is 6.20 Å². The van der Waals surface area contributed by atoms with Crippen molar-refractivity contribution >= 4 is 5.91 Å². The van der Waals surface area contributed by atoms with Gasteiger partial charge in [-0.2, -0.15) is 5.10 Å². The van der Waals surface area contributed by atoms with Crippen molar-refractivity contribution in [3.63, 3.8) is 0 Å².